The van der Waals surface area contributed by atoms with Gasteiger partial charge in [0.1, 0.15) is 5.69 Å². The molecule has 1 aliphatic carbocycles. The third-order valence-electron chi connectivity index (χ3n) is 3.84. The first-order chi connectivity index (χ1) is 10.1. The standard InChI is InChI=1S/C14H19N3O4/c1-15-13-11(6-3-7-12(13)17(20)21)14(19)16(8-9-18)10-4-2-5-10/h3,6-7,10,15,18H,2,4-5,8-9H2,1H3. The maximum atomic E-state index is 12.7. The van der Waals surface area contributed by atoms with Gasteiger partial charge in [-0.05, 0) is 25.3 Å². The Morgan fingerprint density at radius 1 is 1.52 bits per heavy atom. The van der Waals surface area contributed by atoms with Crippen molar-refractivity contribution < 1.29 is 14.8 Å². The number of amides is 1. The molecule has 1 aromatic carbocycles. The van der Waals surface area contributed by atoms with Gasteiger partial charge in [0, 0.05) is 25.7 Å². The molecule has 0 spiro atoms. The van der Waals surface area contributed by atoms with Crippen molar-refractivity contribution in [3.63, 3.8) is 0 Å². The van der Waals surface area contributed by atoms with Crippen molar-refractivity contribution in [1.82, 2.24) is 4.90 Å². The number of carbonyl (C=O) groups excluding carboxylic acids is 1. The number of para-hydroxylation sites is 1. The van der Waals surface area contributed by atoms with E-state index in [4.69, 9.17) is 5.11 Å². The molecule has 21 heavy (non-hydrogen) atoms. The number of nitro benzene ring substituents is 1. The number of nitrogens with zero attached hydrogens (tertiary/aromatic N) is 2. The number of nitro groups is 1. The molecule has 2 N–H and O–H groups in total. The Kier molecular flexibility index (Phi) is 4.74. The Bertz CT molecular complexity index is 543. The van der Waals surface area contributed by atoms with E-state index in [0.717, 1.165) is 19.3 Å². The molecule has 1 aromatic rings. The quantitative estimate of drug-likeness (QED) is 0.614. The molecule has 0 atom stereocenters. The zero-order chi connectivity index (χ0) is 15.4. The van der Waals surface area contributed by atoms with Crippen molar-refractivity contribution in [3.05, 3.63) is 33.9 Å². The summed E-state index contributed by atoms with van der Waals surface area (Å²) >= 11 is 0. The highest BCUT2D eigenvalue weighted by molar-refractivity contribution is 6.01. The van der Waals surface area contributed by atoms with Crippen molar-refractivity contribution in [3.8, 4) is 0 Å². The minimum atomic E-state index is -0.512. The van der Waals surface area contributed by atoms with Gasteiger partial charge in [-0.25, -0.2) is 0 Å². The van der Waals surface area contributed by atoms with Crippen molar-refractivity contribution in [2.45, 2.75) is 25.3 Å². The third-order valence-corrected chi connectivity index (χ3v) is 3.84. The van der Waals surface area contributed by atoms with Crippen LogP contribution in [0.4, 0.5) is 11.4 Å². The maximum absolute atomic E-state index is 12.7. The smallest absolute Gasteiger partial charge is 0.293 e. The number of rotatable bonds is 6. The topological polar surface area (TPSA) is 95.7 Å². The van der Waals surface area contributed by atoms with Crippen LogP contribution in [0.5, 0.6) is 0 Å². The first kappa shape index (κ1) is 15.2. The number of anilines is 1. The molecule has 7 heteroatoms. The van der Waals surface area contributed by atoms with E-state index in [1.165, 1.54) is 12.1 Å². The molecule has 0 bridgehead atoms. The fraction of sp³-hybridized carbons (Fsp3) is 0.500. The summed E-state index contributed by atoms with van der Waals surface area (Å²) in [5.41, 5.74) is 0.364. The molecule has 7 nitrogen and oxygen atoms in total. The van der Waals surface area contributed by atoms with Gasteiger partial charge in [0.25, 0.3) is 11.6 Å². The highest BCUT2D eigenvalue weighted by atomic mass is 16.6. The second-order valence-electron chi connectivity index (χ2n) is 5.01. The normalized spacial score (nSPS) is 14.4. The lowest BCUT2D eigenvalue weighted by atomic mass is 9.91. The number of nitrogens with one attached hydrogen (secondary N) is 1. The van der Waals surface area contributed by atoms with Crippen LogP contribution in [0.3, 0.4) is 0 Å². The van der Waals surface area contributed by atoms with Gasteiger partial charge in [-0.3, -0.25) is 14.9 Å². The van der Waals surface area contributed by atoms with Crippen LogP contribution in [0.1, 0.15) is 29.6 Å². The lowest BCUT2D eigenvalue weighted by molar-refractivity contribution is -0.384. The molecular formula is C14H19N3O4. The lowest BCUT2D eigenvalue weighted by Gasteiger charge is -2.37. The van der Waals surface area contributed by atoms with E-state index < -0.39 is 4.92 Å². The molecule has 1 aliphatic rings. The number of hydrogen-bond acceptors (Lipinski definition) is 5. The molecule has 0 aliphatic heterocycles. The molecule has 1 saturated carbocycles. The van der Waals surface area contributed by atoms with E-state index in [1.807, 2.05) is 0 Å². The van der Waals surface area contributed by atoms with Crippen LogP contribution in [0.25, 0.3) is 0 Å². The summed E-state index contributed by atoms with van der Waals surface area (Å²) in [7, 11) is 1.55. The van der Waals surface area contributed by atoms with Crippen molar-refractivity contribution in [1.29, 1.82) is 0 Å². The Hall–Kier alpha value is -2.15. The lowest BCUT2D eigenvalue weighted by Crippen LogP contribution is -2.45. The van der Waals surface area contributed by atoms with E-state index in [-0.39, 0.29) is 42.0 Å². The first-order valence-corrected chi connectivity index (χ1v) is 6.97. The molecule has 2 rings (SSSR count). The van der Waals surface area contributed by atoms with Crippen LogP contribution >= 0.6 is 0 Å². The zero-order valence-corrected chi connectivity index (χ0v) is 11.9. The fourth-order valence-electron chi connectivity index (χ4n) is 2.54. The average Bonchev–Trinajstić information content (AvgIpc) is 2.43. The summed E-state index contributed by atoms with van der Waals surface area (Å²) in [6.45, 7) is 0.126. The Morgan fingerprint density at radius 3 is 2.71 bits per heavy atom. The van der Waals surface area contributed by atoms with E-state index in [2.05, 4.69) is 5.32 Å². The SMILES string of the molecule is CNc1c(C(=O)N(CCO)C2CCC2)cccc1[N+](=O)[O-]. The molecule has 0 heterocycles. The molecule has 0 radical (unpaired) electrons. The largest absolute Gasteiger partial charge is 0.395 e. The van der Waals surface area contributed by atoms with Crippen molar-refractivity contribution >= 4 is 17.3 Å². The Labute approximate surface area is 122 Å². The predicted molar refractivity (Wildman–Crippen MR) is 78.4 cm³/mol. The molecule has 0 unspecified atom stereocenters. The van der Waals surface area contributed by atoms with Gasteiger partial charge in [-0.15, -0.1) is 0 Å². The molecule has 114 valence electrons. The van der Waals surface area contributed by atoms with Gasteiger partial charge in [0.2, 0.25) is 0 Å². The highest BCUT2D eigenvalue weighted by Crippen LogP contribution is 2.31. The van der Waals surface area contributed by atoms with Gasteiger partial charge in [0.15, 0.2) is 0 Å². The number of benzene rings is 1. The fourth-order valence-corrected chi connectivity index (χ4v) is 2.54. The van der Waals surface area contributed by atoms with Gasteiger partial charge >= 0.3 is 0 Å². The molecule has 0 saturated heterocycles. The van der Waals surface area contributed by atoms with Crippen LogP contribution in [0.15, 0.2) is 18.2 Å². The summed E-state index contributed by atoms with van der Waals surface area (Å²) in [4.78, 5) is 24.8. The summed E-state index contributed by atoms with van der Waals surface area (Å²) in [5, 5.41) is 23.0. The second-order valence-corrected chi connectivity index (χ2v) is 5.01. The molecule has 1 fully saturated rings. The second kappa shape index (κ2) is 6.53. The van der Waals surface area contributed by atoms with E-state index >= 15 is 0 Å². The van der Waals surface area contributed by atoms with E-state index in [1.54, 1.807) is 18.0 Å². The number of hydrogen-bond donors (Lipinski definition) is 2. The average molecular weight is 293 g/mol. The monoisotopic (exact) mass is 293 g/mol. The summed E-state index contributed by atoms with van der Waals surface area (Å²) in [5.74, 6) is -0.276. The first-order valence-electron chi connectivity index (χ1n) is 6.97. The van der Waals surface area contributed by atoms with E-state index in [0.29, 0.717) is 0 Å². The van der Waals surface area contributed by atoms with Crippen LogP contribution < -0.4 is 5.32 Å². The van der Waals surface area contributed by atoms with Crippen molar-refractivity contribution in [2.75, 3.05) is 25.5 Å². The number of carbonyl (C=O) groups is 1. The highest BCUT2D eigenvalue weighted by Gasteiger charge is 2.31. The summed E-state index contributed by atoms with van der Waals surface area (Å²) in [6, 6.07) is 4.56. The molecule has 1 amide bonds. The van der Waals surface area contributed by atoms with Gasteiger partial charge in [0.05, 0.1) is 17.1 Å². The van der Waals surface area contributed by atoms with Gasteiger partial charge in [-0.2, -0.15) is 0 Å². The van der Waals surface area contributed by atoms with Crippen LogP contribution in [0.2, 0.25) is 0 Å². The van der Waals surface area contributed by atoms with Crippen molar-refractivity contribution in [2.24, 2.45) is 0 Å². The van der Waals surface area contributed by atoms with Crippen LogP contribution in [-0.2, 0) is 0 Å². The Morgan fingerprint density at radius 2 is 2.24 bits per heavy atom. The molecular weight excluding hydrogens is 274 g/mol. The number of aliphatic hydroxyl groups excluding tert-OH is 1. The van der Waals surface area contributed by atoms with Crippen LogP contribution in [-0.4, -0.2) is 47.1 Å². The summed E-state index contributed by atoms with van der Waals surface area (Å²) < 4.78 is 0. The minimum absolute atomic E-state index is 0.119. The molecule has 0 aromatic heterocycles. The maximum Gasteiger partial charge on any atom is 0.293 e. The van der Waals surface area contributed by atoms with Gasteiger partial charge < -0.3 is 15.3 Å². The van der Waals surface area contributed by atoms with Gasteiger partial charge in [-0.1, -0.05) is 6.07 Å². The number of aliphatic hydroxyl groups is 1. The summed E-state index contributed by atoms with van der Waals surface area (Å²) in [6.07, 6.45) is 2.89. The zero-order valence-electron chi connectivity index (χ0n) is 11.9. The third kappa shape index (κ3) is 2.97. The predicted octanol–water partition coefficient (Wildman–Crippen LogP) is 1.62. The van der Waals surface area contributed by atoms with E-state index in [9.17, 15) is 14.9 Å². The minimum Gasteiger partial charge on any atom is -0.395 e. The Balaban J connectivity index is 2.36. The van der Waals surface area contributed by atoms with Crippen LogP contribution in [0, 0.1) is 10.1 Å².